The number of hydrogen-bond acceptors (Lipinski definition) is 3. The van der Waals surface area contributed by atoms with Gasteiger partial charge in [0.15, 0.2) is 0 Å². The SMILES string of the molecule is COc1ccc([C@@H]2CCCCN2)c(OC)c1.Cl. The smallest absolute Gasteiger partial charge is 0.127 e. The highest BCUT2D eigenvalue weighted by molar-refractivity contribution is 5.85. The molecule has 0 aromatic heterocycles. The van der Waals surface area contributed by atoms with Gasteiger partial charge in [0, 0.05) is 17.7 Å². The highest BCUT2D eigenvalue weighted by Gasteiger charge is 2.18. The summed E-state index contributed by atoms with van der Waals surface area (Å²) < 4.78 is 10.6. The van der Waals surface area contributed by atoms with Gasteiger partial charge in [-0.2, -0.15) is 0 Å². The van der Waals surface area contributed by atoms with Gasteiger partial charge in [-0.05, 0) is 25.5 Å². The van der Waals surface area contributed by atoms with Gasteiger partial charge in [0.05, 0.1) is 14.2 Å². The Labute approximate surface area is 109 Å². The second-order valence-corrected chi connectivity index (χ2v) is 4.11. The maximum Gasteiger partial charge on any atom is 0.127 e. The van der Waals surface area contributed by atoms with E-state index < -0.39 is 0 Å². The molecule has 0 spiro atoms. The van der Waals surface area contributed by atoms with Crippen molar-refractivity contribution in [2.75, 3.05) is 20.8 Å². The van der Waals surface area contributed by atoms with Crippen LogP contribution in [0.3, 0.4) is 0 Å². The van der Waals surface area contributed by atoms with Crippen molar-refractivity contribution >= 4 is 12.4 Å². The summed E-state index contributed by atoms with van der Waals surface area (Å²) in [6.07, 6.45) is 3.74. The van der Waals surface area contributed by atoms with Crippen molar-refractivity contribution < 1.29 is 9.47 Å². The molecule has 1 N–H and O–H groups in total. The average molecular weight is 258 g/mol. The lowest BCUT2D eigenvalue weighted by Crippen LogP contribution is -2.27. The summed E-state index contributed by atoms with van der Waals surface area (Å²) in [4.78, 5) is 0. The summed E-state index contributed by atoms with van der Waals surface area (Å²) in [5.41, 5.74) is 1.24. The summed E-state index contributed by atoms with van der Waals surface area (Å²) >= 11 is 0. The van der Waals surface area contributed by atoms with Crippen LogP contribution in [-0.4, -0.2) is 20.8 Å². The second-order valence-electron chi connectivity index (χ2n) is 4.11. The van der Waals surface area contributed by atoms with Gasteiger partial charge in [-0.3, -0.25) is 0 Å². The number of methoxy groups -OCH3 is 2. The van der Waals surface area contributed by atoms with Crippen LogP contribution in [0.15, 0.2) is 18.2 Å². The van der Waals surface area contributed by atoms with E-state index >= 15 is 0 Å². The molecule has 1 aliphatic heterocycles. The molecule has 0 saturated carbocycles. The molecular formula is C13H20ClNO2. The van der Waals surface area contributed by atoms with Crippen LogP contribution in [0.4, 0.5) is 0 Å². The van der Waals surface area contributed by atoms with Gasteiger partial charge >= 0.3 is 0 Å². The van der Waals surface area contributed by atoms with E-state index in [2.05, 4.69) is 11.4 Å². The molecule has 96 valence electrons. The highest BCUT2D eigenvalue weighted by atomic mass is 35.5. The largest absolute Gasteiger partial charge is 0.497 e. The van der Waals surface area contributed by atoms with Crippen molar-refractivity contribution in [1.29, 1.82) is 0 Å². The van der Waals surface area contributed by atoms with Gasteiger partial charge in [0.25, 0.3) is 0 Å². The van der Waals surface area contributed by atoms with Crippen LogP contribution in [-0.2, 0) is 0 Å². The molecule has 17 heavy (non-hydrogen) atoms. The molecule has 1 atom stereocenters. The van der Waals surface area contributed by atoms with Crippen LogP contribution in [0.2, 0.25) is 0 Å². The normalized spacial score (nSPS) is 19.3. The van der Waals surface area contributed by atoms with Gasteiger partial charge in [-0.1, -0.05) is 12.5 Å². The molecule has 1 aromatic rings. The fraction of sp³-hybridized carbons (Fsp3) is 0.538. The van der Waals surface area contributed by atoms with Gasteiger partial charge in [0.1, 0.15) is 11.5 Å². The minimum atomic E-state index is 0. The molecule has 0 amide bonds. The molecule has 4 heteroatoms. The average Bonchev–Trinajstić information content (AvgIpc) is 2.39. The van der Waals surface area contributed by atoms with Gasteiger partial charge in [-0.25, -0.2) is 0 Å². The van der Waals surface area contributed by atoms with E-state index in [4.69, 9.17) is 9.47 Å². The van der Waals surface area contributed by atoms with E-state index in [9.17, 15) is 0 Å². The Kier molecular flexibility index (Phi) is 5.59. The first-order valence-electron chi connectivity index (χ1n) is 5.80. The highest BCUT2D eigenvalue weighted by Crippen LogP contribution is 2.33. The number of rotatable bonds is 3. The molecule has 1 aliphatic rings. The van der Waals surface area contributed by atoms with E-state index in [0.717, 1.165) is 18.0 Å². The Morgan fingerprint density at radius 2 is 2.00 bits per heavy atom. The van der Waals surface area contributed by atoms with Crippen molar-refractivity contribution in [2.24, 2.45) is 0 Å². The van der Waals surface area contributed by atoms with Crippen LogP contribution >= 0.6 is 12.4 Å². The summed E-state index contributed by atoms with van der Waals surface area (Å²) in [5, 5.41) is 3.53. The molecule has 1 aromatic carbocycles. The molecule has 2 rings (SSSR count). The van der Waals surface area contributed by atoms with E-state index in [1.54, 1.807) is 14.2 Å². The van der Waals surface area contributed by atoms with Crippen LogP contribution in [0.25, 0.3) is 0 Å². The fourth-order valence-electron chi connectivity index (χ4n) is 2.22. The van der Waals surface area contributed by atoms with E-state index in [1.165, 1.54) is 24.8 Å². The topological polar surface area (TPSA) is 30.5 Å². The van der Waals surface area contributed by atoms with E-state index in [-0.39, 0.29) is 12.4 Å². The van der Waals surface area contributed by atoms with Crippen LogP contribution in [0, 0.1) is 0 Å². The Morgan fingerprint density at radius 1 is 1.18 bits per heavy atom. The minimum absolute atomic E-state index is 0. The molecule has 0 unspecified atom stereocenters. The van der Waals surface area contributed by atoms with Crippen LogP contribution in [0.5, 0.6) is 11.5 Å². The summed E-state index contributed by atoms with van der Waals surface area (Å²) in [6, 6.07) is 6.47. The maximum absolute atomic E-state index is 5.42. The zero-order valence-corrected chi connectivity index (χ0v) is 11.2. The Balaban J connectivity index is 0.00000144. The first kappa shape index (κ1) is 14.1. The van der Waals surface area contributed by atoms with Crippen molar-refractivity contribution in [3.63, 3.8) is 0 Å². The van der Waals surface area contributed by atoms with Crippen molar-refractivity contribution in [1.82, 2.24) is 5.32 Å². The first-order chi connectivity index (χ1) is 7.85. The molecule has 1 saturated heterocycles. The fourth-order valence-corrected chi connectivity index (χ4v) is 2.22. The lowest BCUT2D eigenvalue weighted by Gasteiger charge is -2.25. The lowest BCUT2D eigenvalue weighted by atomic mass is 9.96. The molecule has 0 bridgehead atoms. The number of ether oxygens (including phenoxy) is 2. The molecule has 0 aliphatic carbocycles. The van der Waals surface area contributed by atoms with Gasteiger partial charge in [-0.15, -0.1) is 12.4 Å². The monoisotopic (exact) mass is 257 g/mol. The molecule has 0 radical (unpaired) electrons. The third-order valence-electron chi connectivity index (χ3n) is 3.13. The van der Waals surface area contributed by atoms with Crippen molar-refractivity contribution in [2.45, 2.75) is 25.3 Å². The predicted molar refractivity (Wildman–Crippen MR) is 71.4 cm³/mol. The van der Waals surface area contributed by atoms with Crippen LogP contribution < -0.4 is 14.8 Å². The third kappa shape index (κ3) is 3.27. The van der Waals surface area contributed by atoms with E-state index in [1.807, 2.05) is 12.1 Å². The molecule has 1 heterocycles. The maximum atomic E-state index is 5.42. The number of piperidine rings is 1. The first-order valence-corrected chi connectivity index (χ1v) is 5.80. The zero-order chi connectivity index (χ0) is 11.4. The number of hydrogen-bond donors (Lipinski definition) is 1. The minimum Gasteiger partial charge on any atom is -0.497 e. The van der Waals surface area contributed by atoms with Crippen molar-refractivity contribution in [3.05, 3.63) is 23.8 Å². The number of nitrogens with one attached hydrogen (secondary N) is 1. The summed E-state index contributed by atoms with van der Waals surface area (Å²) in [5.74, 6) is 1.76. The second kappa shape index (κ2) is 6.72. The molecule has 1 fully saturated rings. The van der Waals surface area contributed by atoms with Gasteiger partial charge in [0.2, 0.25) is 0 Å². The van der Waals surface area contributed by atoms with E-state index in [0.29, 0.717) is 6.04 Å². The zero-order valence-electron chi connectivity index (χ0n) is 10.4. The summed E-state index contributed by atoms with van der Waals surface area (Å²) in [6.45, 7) is 1.10. The summed E-state index contributed by atoms with van der Waals surface area (Å²) in [7, 11) is 3.38. The number of benzene rings is 1. The standard InChI is InChI=1S/C13H19NO2.ClH/c1-15-10-6-7-11(13(9-10)16-2)12-5-3-4-8-14-12;/h6-7,9,12,14H,3-5,8H2,1-2H3;1H/t12-;/m0./s1. The van der Waals surface area contributed by atoms with Gasteiger partial charge < -0.3 is 14.8 Å². The Morgan fingerprint density at radius 3 is 2.59 bits per heavy atom. The Hall–Kier alpha value is -0.930. The number of halogens is 1. The predicted octanol–water partition coefficient (Wildman–Crippen LogP) is 2.94. The third-order valence-corrected chi connectivity index (χ3v) is 3.13. The quantitative estimate of drug-likeness (QED) is 0.903. The Bertz CT molecular complexity index is 351. The molecule has 3 nitrogen and oxygen atoms in total. The van der Waals surface area contributed by atoms with Crippen LogP contribution in [0.1, 0.15) is 30.9 Å². The lowest BCUT2D eigenvalue weighted by molar-refractivity contribution is 0.366. The van der Waals surface area contributed by atoms with Crippen molar-refractivity contribution in [3.8, 4) is 11.5 Å². The molecular weight excluding hydrogens is 238 g/mol.